The smallest absolute Gasteiger partial charge is 0.0701 e. The third-order valence-corrected chi connectivity index (χ3v) is 3.04. The second kappa shape index (κ2) is 25.6. The molecule has 0 radical (unpaired) electrons. The molecule has 164 valence electrons. The highest BCUT2D eigenvalue weighted by Gasteiger charge is 1.94. The number of hydrogen-bond donors (Lipinski definition) is 3. The first-order chi connectivity index (χ1) is 13.4. The molecule has 0 atom stereocenters. The van der Waals surface area contributed by atoms with Crippen molar-refractivity contribution in [1.29, 1.82) is 0 Å². The molecule has 0 amide bonds. The average Bonchev–Trinajstić information content (AvgIpc) is 2.68. The number of nitrogens with one attached hydrogen (secondary N) is 2. The van der Waals surface area contributed by atoms with Gasteiger partial charge in [-0.1, -0.05) is 0 Å². The normalized spacial score (nSPS) is 11.3. The molecule has 10 nitrogen and oxygen atoms in total. The SMILES string of the molecule is CNNCCOCCOCCOCCOCCOCCOCCOCCN. The molecule has 0 fully saturated rings. The van der Waals surface area contributed by atoms with Gasteiger partial charge in [0.1, 0.15) is 0 Å². The molecule has 0 spiro atoms. The Labute approximate surface area is 163 Å². The molecule has 27 heavy (non-hydrogen) atoms. The van der Waals surface area contributed by atoms with Gasteiger partial charge < -0.3 is 38.9 Å². The minimum Gasteiger partial charge on any atom is -0.378 e. The Bertz CT molecular complexity index is 243. The van der Waals surface area contributed by atoms with Crippen LogP contribution in [-0.4, -0.2) is 113 Å². The third kappa shape index (κ3) is 25.6. The molecule has 0 aliphatic rings. The first kappa shape index (κ1) is 26.6. The summed E-state index contributed by atoms with van der Waals surface area (Å²) in [7, 11) is 1.82. The topological polar surface area (TPSA) is 115 Å². The lowest BCUT2D eigenvalue weighted by Gasteiger charge is -2.08. The van der Waals surface area contributed by atoms with Crippen LogP contribution < -0.4 is 16.6 Å². The minimum atomic E-state index is 0.535. The standard InChI is InChI=1S/C17H39N3O7/c1-19-20-3-5-22-7-9-24-11-13-26-15-17-27-16-14-25-12-10-23-8-6-21-4-2-18/h19-20H,2-18H2,1H3. The van der Waals surface area contributed by atoms with Crippen molar-refractivity contribution < 1.29 is 33.2 Å². The van der Waals surface area contributed by atoms with E-state index in [9.17, 15) is 0 Å². The van der Waals surface area contributed by atoms with Gasteiger partial charge in [0, 0.05) is 13.1 Å². The van der Waals surface area contributed by atoms with Crippen LogP contribution in [0.2, 0.25) is 0 Å². The summed E-state index contributed by atoms with van der Waals surface area (Å²) < 4.78 is 37.4. The molecular formula is C17H39N3O7. The maximum Gasteiger partial charge on any atom is 0.0701 e. The summed E-state index contributed by atoms with van der Waals surface area (Å²) in [6.07, 6.45) is 0. The molecule has 0 heterocycles. The summed E-state index contributed by atoms with van der Waals surface area (Å²) >= 11 is 0. The third-order valence-electron chi connectivity index (χ3n) is 3.04. The Morgan fingerprint density at radius 2 is 0.778 bits per heavy atom. The summed E-state index contributed by atoms with van der Waals surface area (Å²) in [5, 5.41) is 0. The lowest BCUT2D eigenvalue weighted by atomic mass is 10.6. The zero-order valence-corrected chi connectivity index (χ0v) is 16.7. The number of ether oxygens (including phenoxy) is 7. The van der Waals surface area contributed by atoms with E-state index in [2.05, 4.69) is 10.9 Å². The number of hydrogen-bond acceptors (Lipinski definition) is 10. The van der Waals surface area contributed by atoms with Gasteiger partial charge >= 0.3 is 0 Å². The Hall–Kier alpha value is -0.400. The predicted molar refractivity (Wildman–Crippen MR) is 102 cm³/mol. The lowest BCUT2D eigenvalue weighted by Crippen LogP contribution is -2.31. The monoisotopic (exact) mass is 397 g/mol. The van der Waals surface area contributed by atoms with Crippen LogP contribution in [0.5, 0.6) is 0 Å². The molecule has 0 unspecified atom stereocenters. The van der Waals surface area contributed by atoms with E-state index in [1.54, 1.807) is 0 Å². The Morgan fingerprint density at radius 1 is 0.481 bits per heavy atom. The highest BCUT2D eigenvalue weighted by atomic mass is 16.6. The molecule has 0 aliphatic carbocycles. The summed E-state index contributed by atoms with van der Waals surface area (Å²) in [5.41, 5.74) is 11.1. The van der Waals surface area contributed by atoms with Crippen molar-refractivity contribution in [3.8, 4) is 0 Å². The molecule has 0 aromatic heterocycles. The van der Waals surface area contributed by atoms with Crippen molar-refractivity contribution in [3.63, 3.8) is 0 Å². The van der Waals surface area contributed by atoms with Crippen LogP contribution in [0.25, 0.3) is 0 Å². The van der Waals surface area contributed by atoms with Crippen molar-refractivity contribution in [2.75, 3.05) is 113 Å². The van der Waals surface area contributed by atoms with Crippen LogP contribution in [0.15, 0.2) is 0 Å². The molecule has 0 aromatic carbocycles. The van der Waals surface area contributed by atoms with E-state index in [0.717, 1.165) is 6.54 Å². The van der Waals surface area contributed by atoms with E-state index in [-0.39, 0.29) is 0 Å². The molecule has 4 N–H and O–H groups in total. The summed E-state index contributed by atoms with van der Waals surface area (Å²) in [6, 6.07) is 0. The average molecular weight is 398 g/mol. The fourth-order valence-electron chi connectivity index (χ4n) is 1.75. The zero-order chi connectivity index (χ0) is 19.7. The largest absolute Gasteiger partial charge is 0.378 e. The van der Waals surface area contributed by atoms with Gasteiger partial charge in [-0.15, -0.1) is 0 Å². The van der Waals surface area contributed by atoms with E-state index >= 15 is 0 Å². The highest BCUT2D eigenvalue weighted by molar-refractivity contribution is 4.38. The first-order valence-electron chi connectivity index (χ1n) is 9.55. The maximum absolute atomic E-state index is 5.40. The van der Waals surface area contributed by atoms with Gasteiger partial charge in [-0.25, -0.2) is 0 Å². The second-order valence-corrected chi connectivity index (χ2v) is 5.25. The van der Waals surface area contributed by atoms with Crippen molar-refractivity contribution in [2.45, 2.75) is 0 Å². The Balaban J connectivity index is 2.95. The van der Waals surface area contributed by atoms with E-state index in [0.29, 0.717) is 99.0 Å². The molecule has 0 saturated carbocycles. The number of hydrazine groups is 1. The summed E-state index contributed by atoms with van der Waals surface area (Å²) in [4.78, 5) is 0. The summed E-state index contributed by atoms with van der Waals surface area (Å²) in [5.74, 6) is 0. The Morgan fingerprint density at radius 3 is 1.07 bits per heavy atom. The number of rotatable bonds is 24. The first-order valence-corrected chi connectivity index (χ1v) is 9.55. The van der Waals surface area contributed by atoms with Crippen molar-refractivity contribution in [1.82, 2.24) is 10.9 Å². The number of nitrogens with two attached hydrogens (primary N) is 1. The van der Waals surface area contributed by atoms with Crippen LogP contribution >= 0.6 is 0 Å². The van der Waals surface area contributed by atoms with Crippen LogP contribution in [0.3, 0.4) is 0 Å². The van der Waals surface area contributed by atoms with Crippen molar-refractivity contribution in [3.05, 3.63) is 0 Å². The zero-order valence-electron chi connectivity index (χ0n) is 16.7. The van der Waals surface area contributed by atoms with Crippen LogP contribution in [0, 0.1) is 0 Å². The van der Waals surface area contributed by atoms with Crippen LogP contribution in [0.4, 0.5) is 0 Å². The van der Waals surface area contributed by atoms with Crippen LogP contribution in [-0.2, 0) is 33.2 Å². The Kier molecular flexibility index (Phi) is 25.2. The van der Waals surface area contributed by atoms with Gasteiger partial charge in [-0.2, -0.15) is 0 Å². The summed E-state index contributed by atoms with van der Waals surface area (Å²) in [6.45, 7) is 9.16. The van der Waals surface area contributed by atoms with Crippen molar-refractivity contribution >= 4 is 0 Å². The predicted octanol–water partition coefficient (Wildman–Crippen LogP) is -1.21. The fraction of sp³-hybridized carbons (Fsp3) is 1.00. The molecule has 0 bridgehead atoms. The van der Waals surface area contributed by atoms with E-state index in [1.807, 2.05) is 7.05 Å². The van der Waals surface area contributed by atoms with E-state index in [4.69, 9.17) is 38.9 Å². The van der Waals surface area contributed by atoms with E-state index < -0.39 is 0 Å². The molecule has 0 aliphatic heterocycles. The molecule has 0 aromatic rings. The minimum absolute atomic E-state index is 0.535. The van der Waals surface area contributed by atoms with E-state index in [1.165, 1.54) is 0 Å². The molecule has 10 heteroatoms. The van der Waals surface area contributed by atoms with Gasteiger partial charge in [-0.05, 0) is 7.05 Å². The van der Waals surface area contributed by atoms with Crippen LogP contribution in [0.1, 0.15) is 0 Å². The molecule has 0 rings (SSSR count). The fourth-order valence-corrected chi connectivity index (χ4v) is 1.75. The van der Waals surface area contributed by atoms with Gasteiger partial charge in [0.25, 0.3) is 0 Å². The molecular weight excluding hydrogens is 358 g/mol. The lowest BCUT2D eigenvalue weighted by molar-refractivity contribution is -0.0201. The van der Waals surface area contributed by atoms with Gasteiger partial charge in [0.2, 0.25) is 0 Å². The molecule has 0 saturated heterocycles. The maximum atomic E-state index is 5.40. The highest BCUT2D eigenvalue weighted by Crippen LogP contribution is 1.85. The van der Waals surface area contributed by atoms with Gasteiger partial charge in [0.15, 0.2) is 0 Å². The van der Waals surface area contributed by atoms with Crippen molar-refractivity contribution in [2.24, 2.45) is 5.73 Å². The second-order valence-electron chi connectivity index (χ2n) is 5.25. The van der Waals surface area contributed by atoms with Gasteiger partial charge in [-0.3, -0.25) is 10.9 Å². The van der Waals surface area contributed by atoms with Gasteiger partial charge in [0.05, 0.1) is 92.5 Å². The quantitative estimate of drug-likeness (QED) is 0.135.